The van der Waals surface area contributed by atoms with Gasteiger partial charge in [0.1, 0.15) is 0 Å². The van der Waals surface area contributed by atoms with Gasteiger partial charge in [0.05, 0.1) is 0 Å². The zero-order valence-electron chi connectivity index (χ0n) is 10.2. The van der Waals surface area contributed by atoms with Crippen LogP contribution in [0.4, 0.5) is 0 Å². The largest absolute Gasteiger partial charge is 0.385 e. The monoisotopic (exact) mass is 211 g/mol. The van der Waals surface area contributed by atoms with Gasteiger partial charge in [0.2, 0.25) is 0 Å². The van der Waals surface area contributed by atoms with Gasteiger partial charge < -0.3 is 10.1 Å². The Hall–Kier alpha value is -0.0800. The molecule has 0 saturated heterocycles. The summed E-state index contributed by atoms with van der Waals surface area (Å²) in [6.45, 7) is 5.56. The molecule has 0 amide bonds. The van der Waals surface area contributed by atoms with E-state index in [9.17, 15) is 0 Å². The van der Waals surface area contributed by atoms with Crippen molar-refractivity contribution in [2.75, 3.05) is 26.8 Å². The van der Waals surface area contributed by atoms with Crippen LogP contribution in [-0.2, 0) is 4.74 Å². The number of nitrogens with one attached hydrogen (secondary N) is 1. The van der Waals surface area contributed by atoms with Gasteiger partial charge >= 0.3 is 0 Å². The summed E-state index contributed by atoms with van der Waals surface area (Å²) in [5, 5.41) is 3.61. The molecule has 2 heteroatoms. The van der Waals surface area contributed by atoms with Crippen LogP contribution < -0.4 is 5.32 Å². The Labute approximate surface area is 93.8 Å². The summed E-state index contributed by atoms with van der Waals surface area (Å²) in [4.78, 5) is 0. The Morgan fingerprint density at radius 3 is 2.67 bits per heavy atom. The molecule has 1 N–H and O–H groups in total. The van der Waals surface area contributed by atoms with Crippen LogP contribution in [0.5, 0.6) is 0 Å². The maximum absolute atomic E-state index is 5.26. The lowest BCUT2D eigenvalue weighted by molar-refractivity contribution is 0.127. The first kappa shape index (κ1) is 11.4. The number of fused-ring (bicyclic) bond motifs is 1. The van der Waals surface area contributed by atoms with Gasteiger partial charge in [-0.2, -0.15) is 0 Å². The molecule has 0 spiro atoms. The second kappa shape index (κ2) is 4.84. The SMILES string of the molecule is CCCNCC1(CCOC)CC2CC2C1. The van der Waals surface area contributed by atoms with Crippen molar-refractivity contribution < 1.29 is 4.74 Å². The first-order chi connectivity index (χ1) is 7.29. The van der Waals surface area contributed by atoms with Gasteiger partial charge in [0.15, 0.2) is 0 Å². The number of hydrogen-bond donors (Lipinski definition) is 1. The summed E-state index contributed by atoms with van der Waals surface area (Å²) in [6.07, 6.45) is 6.93. The molecule has 88 valence electrons. The van der Waals surface area contributed by atoms with E-state index in [0.29, 0.717) is 5.41 Å². The standard InChI is InChI=1S/C13H25NO/c1-3-5-14-10-13(4-6-15-2)8-11-7-12(11)9-13/h11-12,14H,3-10H2,1-2H3. The van der Waals surface area contributed by atoms with Gasteiger partial charge in [0, 0.05) is 20.3 Å². The van der Waals surface area contributed by atoms with Gasteiger partial charge in [-0.05, 0) is 55.9 Å². The van der Waals surface area contributed by atoms with Gasteiger partial charge in [-0.1, -0.05) is 6.92 Å². The third kappa shape index (κ3) is 2.73. The van der Waals surface area contributed by atoms with E-state index >= 15 is 0 Å². The maximum atomic E-state index is 5.26. The highest BCUT2D eigenvalue weighted by atomic mass is 16.5. The summed E-state index contributed by atoms with van der Waals surface area (Å²) < 4.78 is 5.26. The lowest BCUT2D eigenvalue weighted by Crippen LogP contribution is -2.34. The smallest absolute Gasteiger partial charge is 0.0468 e. The summed E-state index contributed by atoms with van der Waals surface area (Å²) >= 11 is 0. The number of ether oxygens (including phenoxy) is 1. The van der Waals surface area contributed by atoms with E-state index in [1.54, 1.807) is 0 Å². The molecule has 2 saturated carbocycles. The van der Waals surface area contributed by atoms with Crippen LogP contribution in [0, 0.1) is 17.3 Å². The van der Waals surface area contributed by atoms with Crippen molar-refractivity contribution in [3.63, 3.8) is 0 Å². The van der Waals surface area contributed by atoms with Gasteiger partial charge in [-0.25, -0.2) is 0 Å². The second-order valence-corrected chi connectivity index (χ2v) is 5.58. The molecule has 0 radical (unpaired) electrons. The van der Waals surface area contributed by atoms with Crippen LogP contribution in [-0.4, -0.2) is 26.8 Å². The highest BCUT2D eigenvalue weighted by Crippen LogP contribution is 2.60. The van der Waals surface area contributed by atoms with E-state index in [1.807, 2.05) is 7.11 Å². The van der Waals surface area contributed by atoms with Crippen molar-refractivity contribution in [2.45, 2.75) is 39.0 Å². The first-order valence-electron chi connectivity index (χ1n) is 6.49. The van der Waals surface area contributed by atoms with Crippen LogP contribution in [0.1, 0.15) is 39.0 Å². The summed E-state index contributed by atoms with van der Waals surface area (Å²) in [6, 6.07) is 0. The Morgan fingerprint density at radius 1 is 1.33 bits per heavy atom. The highest BCUT2D eigenvalue weighted by molar-refractivity contribution is 5.04. The van der Waals surface area contributed by atoms with Gasteiger partial charge in [-0.15, -0.1) is 0 Å². The molecule has 2 nitrogen and oxygen atoms in total. The molecular formula is C13H25NO. The van der Waals surface area contributed by atoms with Crippen molar-refractivity contribution in [1.29, 1.82) is 0 Å². The molecule has 0 bridgehead atoms. The minimum absolute atomic E-state index is 0.582. The van der Waals surface area contributed by atoms with E-state index in [0.717, 1.165) is 18.4 Å². The fourth-order valence-corrected chi connectivity index (χ4v) is 3.29. The molecule has 2 aliphatic carbocycles. The van der Waals surface area contributed by atoms with E-state index in [4.69, 9.17) is 4.74 Å². The van der Waals surface area contributed by atoms with E-state index in [2.05, 4.69) is 12.2 Å². The zero-order valence-corrected chi connectivity index (χ0v) is 10.2. The van der Waals surface area contributed by atoms with Crippen LogP contribution >= 0.6 is 0 Å². The minimum atomic E-state index is 0.582. The van der Waals surface area contributed by atoms with Gasteiger partial charge in [0.25, 0.3) is 0 Å². The fourth-order valence-electron chi connectivity index (χ4n) is 3.29. The molecule has 0 heterocycles. The topological polar surface area (TPSA) is 21.3 Å². The van der Waals surface area contributed by atoms with Gasteiger partial charge in [-0.3, -0.25) is 0 Å². The summed E-state index contributed by atoms with van der Waals surface area (Å²) in [7, 11) is 1.82. The normalized spacial score (nSPS) is 38.0. The predicted octanol–water partition coefficient (Wildman–Crippen LogP) is 2.44. The Morgan fingerprint density at radius 2 is 2.07 bits per heavy atom. The highest BCUT2D eigenvalue weighted by Gasteiger charge is 2.52. The molecule has 0 aromatic carbocycles. The van der Waals surface area contributed by atoms with Crippen molar-refractivity contribution in [3.05, 3.63) is 0 Å². The molecule has 2 unspecified atom stereocenters. The van der Waals surface area contributed by atoms with Crippen LogP contribution in [0.3, 0.4) is 0 Å². The van der Waals surface area contributed by atoms with Crippen molar-refractivity contribution in [3.8, 4) is 0 Å². The van der Waals surface area contributed by atoms with Crippen molar-refractivity contribution in [2.24, 2.45) is 17.3 Å². The molecule has 2 fully saturated rings. The van der Waals surface area contributed by atoms with E-state index in [1.165, 1.54) is 45.2 Å². The quantitative estimate of drug-likeness (QED) is 0.653. The average Bonchev–Trinajstić information content (AvgIpc) is 2.85. The van der Waals surface area contributed by atoms with Crippen LogP contribution in [0.2, 0.25) is 0 Å². The molecule has 2 rings (SSSR count). The number of methoxy groups -OCH3 is 1. The average molecular weight is 211 g/mol. The summed E-state index contributed by atoms with van der Waals surface area (Å²) in [5.41, 5.74) is 0.582. The Kier molecular flexibility index (Phi) is 3.68. The van der Waals surface area contributed by atoms with Crippen molar-refractivity contribution >= 4 is 0 Å². The Bertz CT molecular complexity index is 195. The molecule has 15 heavy (non-hydrogen) atoms. The van der Waals surface area contributed by atoms with E-state index < -0.39 is 0 Å². The molecule has 0 aromatic rings. The zero-order chi connectivity index (χ0) is 10.7. The summed E-state index contributed by atoms with van der Waals surface area (Å²) in [5.74, 6) is 2.15. The molecule has 0 aliphatic heterocycles. The third-order valence-corrected chi connectivity index (χ3v) is 4.22. The van der Waals surface area contributed by atoms with Crippen LogP contribution in [0.15, 0.2) is 0 Å². The predicted molar refractivity (Wildman–Crippen MR) is 62.9 cm³/mol. The van der Waals surface area contributed by atoms with Crippen LogP contribution in [0.25, 0.3) is 0 Å². The molecule has 2 aliphatic rings. The lowest BCUT2D eigenvalue weighted by atomic mass is 9.80. The van der Waals surface area contributed by atoms with Crippen molar-refractivity contribution in [1.82, 2.24) is 5.32 Å². The maximum Gasteiger partial charge on any atom is 0.0468 e. The molecular weight excluding hydrogens is 186 g/mol. The third-order valence-electron chi connectivity index (χ3n) is 4.22. The Balaban J connectivity index is 1.79. The molecule has 0 aromatic heterocycles. The minimum Gasteiger partial charge on any atom is -0.385 e. The second-order valence-electron chi connectivity index (χ2n) is 5.58. The number of rotatable bonds is 7. The number of hydrogen-bond acceptors (Lipinski definition) is 2. The fraction of sp³-hybridized carbons (Fsp3) is 1.00. The first-order valence-corrected chi connectivity index (χ1v) is 6.49. The molecule has 2 atom stereocenters. The van der Waals surface area contributed by atoms with E-state index in [-0.39, 0.29) is 0 Å². The lowest BCUT2D eigenvalue weighted by Gasteiger charge is -2.31.